The molecule has 0 radical (unpaired) electrons. The zero-order valence-corrected chi connectivity index (χ0v) is 17.1. The summed E-state index contributed by atoms with van der Waals surface area (Å²) in [6.07, 6.45) is 0. The second-order valence-electron chi connectivity index (χ2n) is 7.48. The van der Waals surface area contributed by atoms with Crippen LogP contribution >= 0.6 is 23.2 Å². The van der Waals surface area contributed by atoms with E-state index >= 15 is 0 Å². The van der Waals surface area contributed by atoms with E-state index in [9.17, 15) is 0 Å². The molecule has 0 aromatic heterocycles. The normalized spacial score (nSPS) is 24.1. The largest absolute Gasteiger partial charge is 0.369 e. The SMILES string of the molecule is CN1CC(N2CCN(c3cccc(Cl)c3)CC2)c2ccc(Cl)cc2C1CN. The van der Waals surface area contributed by atoms with Gasteiger partial charge in [-0.1, -0.05) is 35.3 Å². The molecule has 0 saturated carbocycles. The monoisotopic (exact) mass is 404 g/mol. The summed E-state index contributed by atoms with van der Waals surface area (Å²) in [7, 11) is 2.16. The van der Waals surface area contributed by atoms with E-state index in [0.29, 0.717) is 12.6 Å². The van der Waals surface area contributed by atoms with Gasteiger partial charge in [-0.15, -0.1) is 0 Å². The molecule has 0 spiro atoms. The molecule has 144 valence electrons. The van der Waals surface area contributed by atoms with Gasteiger partial charge in [0, 0.05) is 67.1 Å². The van der Waals surface area contributed by atoms with Gasteiger partial charge in [0.05, 0.1) is 0 Å². The van der Waals surface area contributed by atoms with Crippen LogP contribution in [0.4, 0.5) is 5.69 Å². The number of piperazine rings is 1. The molecule has 1 fully saturated rings. The lowest BCUT2D eigenvalue weighted by molar-refractivity contribution is 0.106. The number of nitrogens with zero attached hydrogens (tertiary/aromatic N) is 3. The highest BCUT2D eigenvalue weighted by atomic mass is 35.5. The number of anilines is 1. The predicted octanol–water partition coefficient (Wildman–Crippen LogP) is 3.80. The Bertz CT molecular complexity index is 805. The van der Waals surface area contributed by atoms with E-state index in [4.69, 9.17) is 28.9 Å². The van der Waals surface area contributed by atoms with Crippen molar-refractivity contribution < 1.29 is 0 Å². The van der Waals surface area contributed by atoms with Crippen LogP contribution in [0.15, 0.2) is 42.5 Å². The van der Waals surface area contributed by atoms with Crippen LogP contribution in [0, 0.1) is 0 Å². The van der Waals surface area contributed by atoms with Crippen molar-refractivity contribution in [3.63, 3.8) is 0 Å². The fraction of sp³-hybridized carbons (Fsp3) is 0.429. The van der Waals surface area contributed by atoms with Gasteiger partial charge >= 0.3 is 0 Å². The molecule has 2 aromatic carbocycles. The lowest BCUT2D eigenvalue weighted by atomic mass is 9.88. The van der Waals surface area contributed by atoms with Crippen LogP contribution in [0.5, 0.6) is 0 Å². The lowest BCUT2D eigenvalue weighted by Gasteiger charge is -2.46. The average Bonchev–Trinajstić information content (AvgIpc) is 2.67. The summed E-state index contributed by atoms with van der Waals surface area (Å²) in [6, 6.07) is 15.1. The molecule has 4 nitrogen and oxygen atoms in total. The fourth-order valence-electron chi connectivity index (χ4n) is 4.46. The van der Waals surface area contributed by atoms with E-state index in [0.717, 1.165) is 42.8 Å². The molecule has 2 unspecified atom stereocenters. The third-order valence-corrected chi connectivity index (χ3v) is 6.38. The first-order chi connectivity index (χ1) is 13.1. The Morgan fingerprint density at radius 2 is 1.70 bits per heavy atom. The maximum absolute atomic E-state index is 6.29. The second kappa shape index (κ2) is 7.98. The number of nitrogens with two attached hydrogens (primary N) is 1. The van der Waals surface area contributed by atoms with Crippen molar-refractivity contribution >= 4 is 28.9 Å². The molecule has 2 aliphatic rings. The summed E-state index contributed by atoms with van der Waals surface area (Å²) in [6.45, 7) is 5.67. The van der Waals surface area contributed by atoms with E-state index in [1.165, 1.54) is 16.8 Å². The molecule has 6 heteroatoms. The first-order valence-corrected chi connectivity index (χ1v) is 10.3. The summed E-state index contributed by atoms with van der Waals surface area (Å²) in [5, 5.41) is 1.58. The predicted molar refractivity (Wildman–Crippen MR) is 114 cm³/mol. The zero-order valence-electron chi connectivity index (χ0n) is 15.6. The third kappa shape index (κ3) is 3.82. The Kier molecular flexibility index (Phi) is 5.62. The first-order valence-electron chi connectivity index (χ1n) is 9.51. The Hall–Kier alpha value is -1.30. The van der Waals surface area contributed by atoms with Crippen molar-refractivity contribution in [3.8, 4) is 0 Å². The van der Waals surface area contributed by atoms with Gasteiger partial charge in [0.15, 0.2) is 0 Å². The third-order valence-electron chi connectivity index (χ3n) is 5.91. The molecule has 2 atom stereocenters. The topological polar surface area (TPSA) is 35.7 Å². The van der Waals surface area contributed by atoms with Gasteiger partial charge in [-0.05, 0) is 48.5 Å². The molecule has 0 amide bonds. The maximum Gasteiger partial charge on any atom is 0.0480 e. The number of likely N-dealkylation sites (N-methyl/N-ethyl adjacent to an activating group) is 1. The quantitative estimate of drug-likeness (QED) is 0.843. The summed E-state index contributed by atoms with van der Waals surface area (Å²) >= 11 is 12.5. The highest BCUT2D eigenvalue weighted by molar-refractivity contribution is 6.31. The Labute approximate surface area is 171 Å². The van der Waals surface area contributed by atoms with Gasteiger partial charge in [0.2, 0.25) is 0 Å². The van der Waals surface area contributed by atoms with Crippen molar-refractivity contribution in [1.82, 2.24) is 9.80 Å². The number of benzene rings is 2. The Balaban J connectivity index is 1.53. The van der Waals surface area contributed by atoms with E-state index < -0.39 is 0 Å². The highest BCUT2D eigenvalue weighted by Gasteiger charge is 2.34. The molecule has 2 heterocycles. The van der Waals surface area contributed by atoms with E-state index in [-0.39, 0.29) is 6.04 Å². The number of hydrogen-bond donors (Lipinski definition) is 1. The summed E-state index contributed by atoms with van der Waals surface area (Å²) in [5.41, 5.74) is 9.93. The number of hydrogen-bond acceptors (Lipinski definition) is 4. The van der Waals surface area contributed by atoms with Crippen LogP contribution in [0.3, 0.4) is 0 Å². The second-order valence-corrected chi connectivity index (χ2v) is 8.36. The number of halogens is 2. The summed E-state index contributed by atoms with van der Waals surface area (Å²) < 4.78 is 0. The summed E-state index contributed by atoms with van der Waals surface area (Å²) in [4.78, 5) is 7.38. The summed E-state index contributed by atoms with van der Waals surface area (Å²) in [5.74, 6) is 0. The van der Waals surface area contributed by atoms with E-state index in [1.807, 2.05) is 18.2 Å². The minimum atomic E-state index is 0.239. The Morgan fingerprint density at radius 3 is 2.41 bits per heavy atom. The molecule has 2 N–H and O–H groups in total. The minimum Gasteiger partial charge on any atom is -0.369 e. The Morgan fingerprint density at radius 1 is 0.963 bits per heavy atom. The fourth-order valence-corrected chi connectivity index (χ4v) is 4.82. The van der Waals surface area contributed by atoms with Crippen LogP contribution in [0.2, 0.25) is 10.0 Å². The van der Waals surface area contributed by atoms with Gasteiger partial charge in [-0.3, -0.25) is 9.80 Å². The average molecular weight is 405 g/mol. The molecule has 0 aliphatic carbocycles. The van der Waals surface area contributed by atoms with Crippen molar-refractivity contribution in [2.45, 2.75) is 12.1 Å². The van der Waals surface area contributed by atoms with Gasteiger partial charge in [0.25, 0.3) is 0 Å². The van der Waals surface area contributed by atoms with Gasteiger partial charge in [-0.2, -0.15) is 0 Å². The highest BCUT2D eigenvalue weighted by Crippen LogP contribution is 2.38. The first kappa shape index (κ1) is 19.0. The van der Waals surface area contributed by atoms with Crippen molar-refractivity contribution in [2.24, 2.45) is 5.73 Å². The van der Waals surface area contributed by atoms with Gasteiger partial charge in [0.1, 0.15) is 0 Å². The smallest absolute Gasteiger partial charge is 0.0480 e. The molecule has 2 aromatic rings. The maximum atomic E-state index is 6.29. The van der Waals surface area contributed by atoms with Crippen molar-refractivity contribution in [2.75, 3.05) is 51.2 Å². The van der Waals surface area contributed by atoms with Crippen LogP contribution in [-0.4, -0.2) is 56.1 Å². The molecular formula is C21H26Cl2N4. The van der Waals surface area contributed by atoms with Crippen LogP contribution < -0.4 is 10.6 Å². The van der Waals surface area contributed by atoms with Crippen LogP contribution in [0.25, 0.3) is 0 Å². The van der Waals surface area contributed by atoms with Gasteiger partial charge in [-0.25, -0.2) is 0 Å². The molecular weight excluding hydrogens is 379 g/mol. The van der Waals surface area contributed by atoms with E-state index in [2.05, 4.69) is 46.0 Å². The molecule has 1 saturated heterocycles. The lowest BCUT2D eigenvalue weighted by Crippen LogP contribution is -2.52. The molecule has 2 aliphatic heterocycles. The van der Waals surface area contributed by atoms with Gasteiger partial charge < -0.3 is 10.6 Å². The van der Waals surface area contributed by atoms with Crippen LogP contribution in [0.1, 0.15) is 23.2 Å². The standard InChI is InChI=1S/C21H26Cl2N4/c1-25-14-21(18-6-5-16(23)12-19(18)20(25)13-24)27-9-7-26(8-10-27)17-4-2-3-15(22)11-17/h2-6,11-12,20-21H,7-10,13-14,24H2,1H3. The zero-order chi connectivity index (χ0) is 19.0. The number of fused-ring (bicyclic) bond motifs is 1. The number of rotatable bonds is 3. The van der Waals surface area contributed by atoms with Crippen molar-refractivity contribution in [3.05, 3.63) is 63.6 Å². The molecule has 27 heavy (non-hydrogen) atoms. The van der Waals surface area contributed by atoms with Crippen LogP contribution in [-0.2, 0) is 0 Å². The van der Waals surface area contributed by atoms with Crippen molar-refractivity contribution in [1.29, 1.82) is 0 Å². The molecule has 0 bridgehead atoms. The minimum absolute atomic E-state index is 0.239. The molecule has 4 rings (SSSR count). The van der Waals surface area contributed by atoms with E-state index in [1.54, 1.807) is 0 Å².